The molecule has 1 N–H and O–H groups in total. The average molecular weight is 239 g/mol. The van der Waals surface area contributed by atoms with Crippen molar-refractivity contribution in [3.63, 3.8) is 0 Å². The second-order valence-corrected chi connectivity index (χ2v) is 4.82. The van der Waals surface area contributed by atoms with Gasteiger partial charge < -0.3 is 9.84 Å². The lowest BCUT2D eigenvalue weighted by Gasteiger charge is -2.06. The molecule has 0 spiro atoms. The number of ether oxygens (including phenoxy) is 1. The summed E-state index contributed by atoms with van der Waals surface area (Å²) in [6.45, 7) is 0. The first-order chi connectivity index (χ1) is 6.45. The van der Waals surface area contributed by atoms with Crippen LogP contribution in [0.25, 0.3) is 0 Å². The maximum absolute atomic E-state index is 10.8. The summed E-state index contributed by atoms with van der Waals surface area (Å²) in [6, 6.07) is 0. The fourth-order valence-electron chi connectivity index (χ4n) is 0.720. The number of aliphatic hydroxyl groups is 1. The Hall–Kier alpha value is -0.760. The molecule has 1 unspecified atom stereocenters. The standard InChI is InChI=1S/C6H7ClN2O4S/c1-13-6(10)4-2-8-3-5(9-4)14(7,11)12/h2-3,6,10H,1H3. The van der Waals surface area contributed by atoms with E-state index in [1.165, 1.54) is 13.3 Å². The Balaban J connectivity index is 3.14. The van der Waals surface area contributed by atoms with Crippen molar-refractivity contribution in [2.24, 2.45) is 0 Å². The highest BCUT2D eigenvalue weighted by Gasteiger charge is 2.15. The Kier molecular flexibility index (Phi) is 3.38. The Bertz CT molecular complexity index is 422. The van der Waals surface area contributed by atoms with Gasteiger partial charge in [0.1, 0.15) is 5.69 Å². The first-order valence-corrected chi connectivity index (χ1v) is 5.73. The quantitative estimate of drug-likeness (QED) is 0.591. The minimum Gasteiger partial charge on any atom is -0.363 e. The van der Waals surface area contributed by atoms with Gasteiger partial charge in [0.15, 0.2) is 11.3 Å². The zero-order valence-electron chi connectivity index (χ0n) is 7.08. The van der Waals surface area contributed by atoms with Crippen molar-refractivity contribution in [2.75, 3.05) is 7.11 Å². The molecule has 14 heavy (non-hydrogen) atoms. The monoisotopic (exact) mass is 238 g/mol. The van der Waals surface area contributed by atoms with Crippen LogP contribution in [0, 0.1) is 0 Å². The van der Waals surface area contributed by atoms with Gasteiger partial charge in [-0.15, -0.1) is 0 Å². The number of aromatic nitrogens is 2. The van der Waals surface area contributed by atoms with Gasteiger partial charge in [-0.3, -0.25) is 4.98 Å². The number of hydrogen-bond acceptors (Lipinski definition) is 6. The highest BCUT2D eigenvalue weighted by Crippen LogP contribution is 2.14. The second kappa shape index (κ2) is 4.18. The largest absolute Gasteiger partial charge is 0.363 e. The third kappa shape index (κ3) is 2.61. The molecule has 0 aromatic carbocycles. The van der Waals surface area contributed by atoms with Crippen LogP contribution >= 0.6 is 10.7 Å². The molecule has 0 radical (unpaired) electrons. The molecule has 8 heteroatoms. The van der Waals surface area contributed by atoms with Gasteiger partial charge in [-0.1, -0.05) is 0 Å². The van der Waals surface area contributed by atoms with Crippen LogP contribution in [0.15, 0.2) is 17.4 Å². The summed E-state index contributed by atoms with van der Waals surface area (Å²) in [5.41, 5.74) is -0.0192. The third-order valence-electron chi connectivity index (χ3n) is 1.36. The third-order valence-corrected chi connectivity index (χ3v) is 2.53. The Morgan fingerprint density at radius 2 is 2.21 bits per heavy atom. The Morgan fingerprint density at radius 1 is 1.57 bits per heavy atom. The molecule has 0 saturated heterocycles. The maximum atomic E-state index is 10.8. The van der Waals surface area contributed by atoms with Crippen molar-refractivity contribution in [1.82, 2.24) is 9.97 Å². The van der Waals surface area contributed by atoms with Crippen molar-refractivity contribution in [3.05, 3.63) is 18.1 Å². The zero-order chi connectivity index (χ0) is 10.8. The van der Waals surface area contributed by atoms with E-state index in [-0.39, 0.29) is 5.69 Å². The van der Waals surface area contributed by atoms with E-state index < -0.39 is 20.4 Å². The van der Waals surface area contributed by atoms with Gasteiger partial charge in [0, 0.05) is 17.8 Å². The highest BCUT2D eigenvalue weighted by atomic mass is 35.7. The van der Waals surface area contributed by atoms with Gasteiger partial charge >= 0.3 is 0 Å². The summed E-state index contributed by atoms with van der Waals surface area (Å²) in [7, 11) is 2.33. The zero-order valence-corrected chi connectivity index (χ0v) is 8.66. The van der Waals surface area contributed by atoms with Crippen LogP contribution in [-0.4, -0.2) is 30.6 Å². The molecule has 0 aliphatic heterocycles. The summed E-state index contributed by atoms with van der Waals surface area (Å²) in [5.74, 6) is 0. The fourth-order valence-corrected chi connectivity index (χ4v) is 1.34. The predicted octanol–water partition coefficient (Wildman–Crippen LogP) is 0.0414. The molecule has 0 aliphatic rings. The number of methoxy groups -OCH3 is 1. The van der Waals surface area contributed by atoms with Crippen LogP contribution < -0.4 is 0 Å². The molecule has 1 aromatic rings. The normalized spacial score (nSPS) is 13.9. The average Bonchev–Trinajstić information content (AvgIpc) is 2.15. The lowest BCUT2D eigenvalue weighted by molar-refractivity contribution is -0.0804. The van der Waals surface area contributed by atoms with Gasteiger partial charge in [0.25, 0.3) is 9.05 Å². The molecule has 1 heterocycles. The van der Waals surface area contributed by atoms with E-state index in [4.69, 9.17) is 15.8 Å². The van der Waals surface area contributed by atoms with Gasteiger partial charge in [-0.05, 0) is 0 Å². The first kappa shape index (κ1) is 11.3. The topological polar surface area (TPSA) is 89.4 Å². The fraction of sp³-hybridized carbons (Fsp3) is 0.333. The minimum atomic E-state index is -3.94. The van der Waals surface area contributed by atoms with Crippen molar-refractivity contribution < 1.29 is 18.3 Å². The lowest BCUT2D eigenvalue weighted by atomic mass is 10.4. The first-order valence-electron chi connectivity index (χ1n) is 3.42. The van der Waals surface area contributed by atoms with E-state index in [0.29, 0.717) is 0 Å². The summed E-state index contributed by atoms with van der Waals surface area (Å²) >= 11 is 0. The number of aliphatic hydroxyl groups excluding tert-OH is 1. The summed E-state index contributed by atoms with van der Waals surface area (Å²) in [4.78, 5) is 7.11. The predicted molar refractivity (Wildman–Crippen MR) is 47.0 cm³/mol. The van der Waals surface area contributed by atoms with E-state index in [1.807, 2.05) is 0 Å². The number of halogens is 1. The van der Waals surface area contributed by atoms with Gasteiger partial charge in [-0.2, -0.15) is 0 Å². The van der Waals surface area contributed by atoms with Crippen molar-refractivity contribution in [2.45, 2.75) is 11.3 Å². The molecule has 0 saturated carbocycles. The summed E-state index contributed by atoms with van der Waals surface area (Å²) < 4.78 is 26.2. The molecule has 0 amide bonds. The van der Waals surface area contributed by atoms with Crippen LogP contribution in [0.4, 0.5) is 0 Å². The van der Waals surface area contributed by atoms with Crippen molar-refractivity contribution in [1.29, 1.82) is 0 Å². The van der Waals surface area contributed by atoms with E-state index in [0.717, 1.165) is 6.20 Å². The molecule has 0 aliphatic carbocycles. The lowest BCUT2D eigenvalue weighted by Crippen LogP contribution is -2.06. The number of rotatable bonds is 3. The number of nitrogens with zero attached hydrogens (tertiary/aromatic N) is 2. The molecule has 78 valence electrons. The van der Waals surface area contributed by atoms with E-state index >= 15 is 0 Å². The van der Waals surface area contributed by atoms with Gasteiger partial charge in [-0.25, -0.2) is 13.4 Å². The number of hydrogen-bond donors (Lipinski definition) is 1. The van der Waals surface area contributed by atoms with Crippen LogP contribution in [0.5, 0.6) is 0 Å². The van der Waals surface area contributed by atoms with Crippen molar-refractivity contribution in [3.8, 4) is 0 Å². The van der Waals surface area contributed by atoms with Crippen LogP contribution in [0.1, 0.15) is 12.0 Å². The molecule has 0 fully saturated rings. The van der Waals surface area contributed by atoms with Crippen LogP contribution in [0.3, 0.4) is 0 Å². The van der Waals surface area contributed by atoms with Gasteiger partial charge in [0.2, 0.25) is 0 Å². The summed E-state index contributed by atoms with van der Waals surface area (Å²) in [6.07, 6.45) is 0.842. The molecule has 1 atom stereocenters. The van der Waals surface area contributed by atoms with E-state index in [9.17, 15) is 8.42 Å². The molecular formula is C6H7ClN2O4S. The second-order valence-electron chi connectivity index (χ2n) is 2.31. The van der Waals surface area contributed by atoms with E-state index in [2.05, 4.69) is 14.7 Å². The minimum absolute atomic E-state index is 0.0192. The molecule has 0 bridgehead atoms. The molecular weight excluding hydrogens is 232 g/mol. The van der Waals surface area contributed by atoms with Crippen LogP contribution in [0.2, 0.25) is 0 Å². The highest BCUT2D eigenvalue weighted by molar-refractivity contribution is 8.13. The molecule has 1 rings (SSSR count). The van der Waals surface area contributed by atoms with Gasteiger partial charge in [0.05, 0.1) is 12.4 Å². The SMILES string of the molecule is COC(O)c1cncc(S(=O)(=O)Cl)n1. The smallest absolute Gasteiger partial charge is 0.280 e. The molecule has 1 aromatic heterocycles. The van der Waals surface area contributed by atoms with E-state index in [1.54, 1.807) is 0 Å². The Labute approximate surface area is 84.9 Å². The molecule has 6 nitrogen and oxygen atoms in total. The van der Waals surface area contributed by atoms with Crippen molar-refractivity contribution >= 4 is 19.7 Å². The Morgan fingerprint density at radius 3 is 2.71 bits per heavy atom. The summed E-state index contributed by atoms with van der Waals surface area (Å²) in [5, 5.41) is 8.73. The van der Waals surface area contributed by atoms with Crippen LogP contribution in [-0.2, 0) is 13.8 Å². The maximum Gasteiger partial charge on any atom is 0.280 e.